The van der Waals surface area contributed by atoms with Gasteiger partial charge in [-0.25, -0.2) is 15.0 Å². The molecule has 3 N–H and O–H groups in total. The third-order valence-electron chi connectivity index (χ3n) is 6.70. The van der Waals surface area contributed by atoms with E-state index in [1.807, 2.05) is 54.6 Å². The van der Waals surface area contributed by atoms with E-state index in [-0.39, 0.29) is 20.1 Å². The number of H-pyrrole nitrogens is 3. The number of benzene rings is 3. The van der Waals surface area contributed by atoms with Crippen molar-refractivity contribution in [1.29, 1.82) is 0 Å². The summed E-state index contributed by atoms with van der Waals surface area (Å²) in [6.45, 7) is 0. The quantitative estimate of drug-likeness (QED) is 0.159. The van der Waals surface area contributed by atoms with Crippen LogP contribution in [0.5, 0.6) is 0 Å². The van der Waals surface area contributed by atoms with Crippen LogP contribution in [0, 0.1) is 0 Å². The van der Waals surface area contributed by atoms with Gasteiger partial charge in [0.05, 0.1) is 16.7 Å². The van der Waals surface area contributed by atoms with Crippen molar-refractivity contribution in [3.05, 3.63) is 163 Å². The van der Waals surface area contributed by atoms with Crippen LogP contribution < -0.4 is 15.0 Å². The Balaban J connectivity index is 0.000000197. The van der Waals surface area contributed by atoms with Crippen LogP contribution in [0.4, 0.5) is 39.5 Å². The summed E-state index contributed by atoms with van der Waals surface area (Å²) < 4.78 is 111. The summed E-state index contributed by atoms with van der Waals surface area (Å²) >= 11 is 0. The molecule has 0 unspecified atom stereocenters. The van der Waals surface area contributed by atoms with Crippen molar-refractivity contribution < 1.29 is 74.6 Å². The standard InChI is InChI=1S/3C12H8F3N.Ir/c3*13-12(14,15)10-6-4-9(5-7-10)11-3-1-2-8-16-11;/h3*1-8H;/q;;;+3/p+3. The molecule has 3 aromatic carbocycles. The summed E-state index contributed by atoms with van der Waals surface area (Å²) in [6.07, 6.45) is -7.65. The molecule has 0 bridgehead atoms. The Morgan fingerprint density at radius 3 is 0.694 bits per heavy atom. The van der Waals surface area contributed by atoms with Crippen molar-refractivity contribution >= 4 is 0 Å². The maximum Gasteiger partial charge on any atom is 3.00 e. The number of hydrogen-bond donors (Lipinski definition) is 0. The van der Waals surface area contributed by atoms with Gasteiger partial charge in [-0.05, 0) is 91.0 Å². The second-order valence-electron chi connectivity index (χ2n) is 10.1. The molecule has 0 atom stereocenters. The first-order valence-corrected chi connectivity index (χ1v) is 14.1. The molecule has 3 aromatic heterocycles. The summed E-state index contributed by atoms with van der Waals surface area (Å²) in [7, 11) is 0. The molecule has 252 valence electrons. The molecule has 0 saturated carbocycles. The third kappa shape index (κ3) is 11.7. The van der Waals surface area contributed by atoms with Gasteiger partial charge in [0.15, 0.2) is 18.6 Å². The van der Waals surface area contributed by atoms with Crippen molar-refractivity contribution in [3.63, 3.8) is 0 Å². The van der Waals surface area contributed by atoms with E-state index in [1.54, 1.807) is 18.6 Å². The molecule has 13 heteroatoms. The summed E-state index contributed by atoms with van der Waals surface area (Å²) in [5.74, 6) is 0. The average Bonchev–Trinajstić information content (AvgIpc) is 3.09. The van der Waals surface area contributed by atoms with E-state index in [4.69, 9.17) is 0 Å². The zero-order valence-corrected chi connectivity index (χ0v) is 27.5. The molecule has 3 heterocycles. The summed E-state index contributed by atoms with van der Waals surface area (Å²) in [5.41, 5.74) is 2.66. The molecule has 0 spiro atoms. The number of aromatic amines is 3. The van der Waals surface area contributed by atoms with Crippen molar-refractivity contribution in [2.45, 2.75) is 18.5 Å². The van der Waals surface area contributed by atoms with Gasteiger partial charge in [0.1, 0.15) is 0 Å². The fraction of sp³-hybridized carbons (Fsp3) is 0.0833. The molecule has 0 aliphatic heterocycles. The third-order valence-corrected chi connectivity index (χ3v) is 6.70. The van der Waals surface area contributed by atoms with Gasteiger partial charge in [-0.1, -0.05) is 0 Å². The van der Waals surface area contributed by atoms with E-state index < -0.39 is 35.2 Å². The van der Waals surface area contributed by atoms with Gasteiger partial charge >= 0.3 is 38.6 Å². The van der Waals surface area contributed by atoms with Crippen LogP contribution in [-0.2, 0) is 38.6 Å². The molecule has 0 saturated heterocycles. The molecule has 3 nitrogen and oxygen atoms in total. The van der Waals surface area contributed by atoms with E-state index in [9.17, 15) is 39.5 Å². The Kier molecular flexibility index (Phi) is 13.4. The van der Waals surface area contributed by atoms with Gasteiger partial charge in [-0.2, -0.15) is 39.5 Å². The Hall–Kier alpha value is -4.87. The number of alkyl halides is 9. The SMILES string of the molecule is FC(F)(F)c1ccc(-c2cccc[nH+]2)cc1.FC(F)(F)c1ccc(-c2cccc[nH+]2)cc1.FC(F)(F)c1ccc(-c2cccc[nH+]2)cc1.[Ir+3]. The average molecular weight is 865 g/mol. The molecule has 0 aliphatic rings. The summed E-state index contributed by atoms with van der Waals surface area (Å²) in [6, 6.07) is 31.5. The minimum absolute atomic E-state index is 0. The first kappa shape index (κ1) is 38.6. The molecule has 0 fully saturated rings. The van der Waals surface area contributed by atoms with E-state index in [0.717, 1.165) is 70.2 Å². The Bertz CT molecular complexity index is 1610. The van der Waals surface area contributed by atoms with E-state index in [2.05, 4.69) is 15.0 Å². The molecule has 49 heavy (non-hydrogen) atoms. The molecular formula is C36H27F9IrN3+6. The van der Waals surface area contributed by atoms with E-state index in [1.165, 1.54) is 36.4 Å². The molecule has 0 amide bonds. The Morgan fingerprint density at radius 2 is 0.531 bits per heavy atom. The summed E-state index contributed by atoms with van der Waals surface area (Å²) in [5, 5.41) is 0. The van der Waals surface area contributed by atoms with Crippen LogP contribution in [0.15, 0.2) is 146 Å². The van der Waals surface area contributed by atoms with Gasteiger partial charge in [-0.3, -0.25) is 0 Å². The molecule has 6 rings (SSSR count). The van der Waals surface area contributed by atoms with E-state index in [0.29, 0.717) is 0 Å². The topological polar surface area (TPSA) is 42.4 Å². The minimum Gasteiger partial charge on any atom is -0.211 e. The number of pyridine rings is 3. The Morgan fingerprint density at radius 1 is 0.306 bits per heavy atom. The normalized spacial score (nSPS) is 11.2. The van der Waals surface area contributed by atoms with Crippen LogP contribution in [-0.4, -0.2) is 0 Å². The number of aromatic nitrogens is 3. The van der Waals surface area contributed by atoms with Crippen molar-refractivity contribution in [2.24, 2.45) is 0 Å². The predicted octanol–water partition coefficient (Wildman–Crippen LogP) is 9.56. The summed E-state index contributed by atoms with van der Waals surface area (Å²) in [4.78, 5) is 8.88. The second-order valence-corrected chi connectivity index (χ2v) is 10.1. The maximum atomic E-state index is 12.3. The minimum atomic E-state index is -4.28. The predicted molar refractivity (Wildman–Crippen MR) is 160 cm³/mol. The monoisotopic (exact) mass is 865 g/mol. The van der Waals surface area contributed by atoms with Gasteiger partial charge in [-0.15, -0.1) is 0 Å². The first-order chi connectivity index (χ1) is 22.7. The van der Waals surface area contributed by atoms with Crippen molar-refractivity contribution in [1.82, 2.24) is 0 Å². The smallest absolute Gasteiger partial charge is 0.211 e. The molecule has 0 radical (unpaired) electrons. The molecular weight excluding hydrogens is 838 g/mol. The van der Waals surface area contributed by atoms with Gasteiger partial charge < -0.3 is 0 Å². The van der Waals surface area contributed by atoms with Crippen LogP contribution in [0.1, 0.15) is 16.7 Å². The number of nitrogens with one attached hydrogen (secondary N) is 3. The van der Waals surface area contributed by atoms with E-state index >= 15 is 0 Å². The van der Waals surface area contributed by atoms with Crippen molar-refractivity contribution in [2.75, 3.05) is 0 Å². The second kappa shape index (κ2) is 17.0. The van der Waals surface area contributed by atoms with Gasteiger partial charge in [0.25, 0.3) is 0 Å². The first-order valence-electron chi connectivity index (χ1n) is 14.1. The number of rotatable bonds is 3. The molecule has 0 aliphatic carbocycles. The zero-order valence-electron chi connectivity index (χ0n) is 25.1. The zero-order chi connectivity index (χ0) is 34.8. The molecule has 6 aromatic rings. The largest absolute Gasteiger partial charge is 3.00 e. The number of halogens is 9. The fourth-order valence-electron chi connectivity index (χ4n) is 4.24. The van der Waals surface area contributed by atoms with Crippen LogP contribution >= 0.6 is 0 Å². The van der Waals surface area contributed by atoms with Crippen LogP contribution in [0.3, 0.4) is 0 Å². The van der Waals surface area contributed by atoms with Crippen LogP contribution in [0.2, 0.25) is 0 Å². The number of hydrogen-bond acceptors (Lipinski definition) is 0. The van der Waals surface area contributed by atoms with Gasteiger partial charge in [0.2, 0.25) is 17.1 Å². The van der Waals surface area contributed by atoms with Crippen LogP contribution in [0.25, 0.3) is 33.8 Å². The van der Waals surface area contributed by atoms with Crippen molar-refractivity contribution in [3.8, 4) is 33.8 Å². The fourth-order valence-corrected chi connectivity index (χ4v) is 4.24. The maximum absolute atomic E-state index is 12.3. The van der Waals surface area contributed by atoms with Gasteiger partial charge in [0, 0.05) is 53.1 Å². The Labute approximate surface area is 288 Å².